The van der Waals surface area contributed by atoms with Gasteiger partial charge in [0.15, 0.2) is 0 Å². The first-order valence-corrected chi connectivity index (χ1v) is 9.57. The summed E-state index contributed by atoms with van der Waals surface area (Å²) in [6.07, 6.45) is 2.70. The van der Waals surface area contributed by atoms with Gasteiger partial charge in [0.05, 0.1) is 5.75 Å². The Morgan fingerprint density at radius 2 is 1.77 bits per heavy atom. The van der Waals surface area contributed by atoms with Crippen LogP contribution in [0.5, 0.6) is 0 Å². The lowest BCUT2D eigenvalue weighted by atomic mass is 10.2. The molecule has 1 aliphatic heterocycles. The number of rotatable bonds is 7. The van der Waals surface area contributed by atoms with Crippen molar-refractivity contribution in [3.05, 3.63) is 35.6 Å². The van der Waals surface area contributed by atoms with E-state index in [0.29, 0.717) is 38.3 Å². The zero-order valence-corrected chi connectivity index (χ0v) is 14.0. The number of hydrogen-bond acceptors (Lipinski definition) is 3. The van der Waals surface area contributed by atoms with E-state index in [2.05, 4.69) is 11.8 Å². The van der Waals surface area contributed by atoms with E-state index in [4.69, 9.17) is 0 Å². The summed E-state index contributed by atoms with van der Waals surface area (Å²) in [6, 6.07) is 6.75. The number of halogens is 1. The van der Waals surface area contributed by atoms with Gasteiger partial charge in [-0.2, -0.15) is 4.31 Å². The van der Waals surface area contributed by atoms with Crippen molar-refractivity contribution < 1.29 is 12.8 Å². The van der Waals surface area contributed by atoms with Crippen LogP contribution in [0, 0.1) is 5.82 Å². The first-order chi connectivity index (χ1) is 10.5. The standard InChI is InChI=1S/C16H25FN2O2S/c1-2-3-6-13-22(20,21)19-11-9-18(10-12-19)14-15-7-4-5-8-16(15)17/h4-5,7-8H,2-3,6,9-14H2,1H3. The Balaban J connectivity index is 1.84. The third-order valence-corrected chi connectivity index (χ3v) is 6.04. The minimum atomic E-state index is -3.13. The molecule has 124 valence electrons. The minimum Gasteiger partial charge on any atom is -0.296 e. The van der Waals surface area contributed by atoms with E-state index in [-0.39, 0.29) is 11.6 Å². The smallest absolute Gasteiger partial charge is 0.214 e. The van der Waals surface area contributed by atoms with Gasteiger partial charge in [-0.25, -0.2) is 12.8 Å². The van der Waals surface area contributed by atoms with Crippen molar-refractivity contribution >= 4 is 10.0 Å². The van der Waals surface area contributed by atoms with Crippen LogP contribution in [-0.4, -0.2) is 49.6 Å². The topological polar surface area (TPSA) is 40.6 Å². The largest absolute Gasteiger partial charge is 0.296 e. The fraction of sp³-hybridized carbons (Fsp3) is 0.625. The maximum atomic E-state index is 13.7. The van der Waals surface area contributed by atoms with E-state index < -0.39 is 10.0 Å². The molecule has 0 saturated carbocycles. The molecule has 2 rings (SSSR count). The summed E-state index contributed by atoms with van der Waals surface area (Å²) in [5, 5.41) is 0. The van der Waals surface area contributed by atoms with Crippen LogP contribution in [0.2, 0.25) is 0 Å². The molecule has 0 aliphatic carbocycles. The van der Waals surface area contributed by atoms with Crippen molar-refractivity contribution in [1.29, 1.82) is 0 Å². The van der Waals surface area contributed by atoms with E-state index in [9.17, 15) is 12.8 Å². The van der Waals surface area contributed by atoms with Gasteiger partial charge in [-0.3, -0.25) is 4.90 Å². The Morgan fingerprint density at radius 1 is 1.09 bits per heavy atom. The van der Waals surface area contributed by atoms with Crippen molar-refractivity contribution in [1.82, 2.24) is 9.21 Å². The quantitative estimate of drug-likeness (QED) is 0.722. The molecule has 6 heteroatoms. The van der Waals surface area contributed by atoms with E-state index in [0.717, 1.165) is 19.3 Å². The molecule has 1 saturated heterocycles. The Bertz CT molecular complexity index is 569. The third-order valence-electron chi connectivity index (χ3n) is 4.08. The van der Waals surface area contributed by atoms with E-state index in [1.165, 1.54) is 6.07 Å². The SMILES string of the molecule is CCCCCS(=O)(=O)N1CCN(Cc2ccccc2F)CC1. The van der Waals surface area contributed by atoms with Crippen LogP contribution in [0.3, 0.4) is 0 Å². The fourth-order valence-electron chi connectivity index (χ4n) is 2.70. The first kappa shape index (κ1) is 17.4. The third kappa shape index (κ3) is 4.76. The molecule has 0 aromatic heterocycles. The number of benzene rings is 1. The molecule has 1 fully saturated rings. The lowest BCUT2D eigenvalue weighted by Gasteiger charge is -2.34. The van der Waals surface area contributed by atoms with Gasteiger partial charge in [0.2, 0.25) is 10.0 Å². The monoisotopic (exact) mass is 328 g/mol. The molecule has 1 heterocycles. The molecule has 0 bridgehead atoms. The highest BCUT2D eigenvalue weighted by atomic mass is 32.2. The van der Waals surface area contributed by atoms with Crippen molar-refractivity contribution in [2.75, 3.05) is 31.9 Å². The van der Waals surface area contributed by atoms with E-state index in [1.54, 1.807) is 16.4 Å². The number of unbranched alkanes of at least 4 members (excludes halogenated alkanes) is 2. The van der Waals surface area contributed by atoms with Gasteiger partial charge in [0.25, 0.3) is 0 Å². The Hall–Kier alpha value is -0.980. The average molecular weight is 328 g/mol. The van der Waals surface area contributed by atoms with Crippen molar-refractivity contribution in [3.8, 4) is 0 Å². The van der Waals surface area contributed by atoms with Gasteiger partial charge in [-0.1, -0.05) is 38.0 Å². The minimum absolute atomic E-state index is 0.197. The highest BCUT2D eigenvalue weighted by molar-refractivity contribution is 7.89. The molecule has 1 aromatic rings. The molecule has 0 unspecified atom stereocenters. The molecule has 1 aliphatic rings. The van der Waals surface area contributed by atoms with Crippen LogP contribution in [0.1, 0.15) is 31.7 Å². The van der Waals surface area contributed by atoms with Crippen LogP contribution in [-0.2, 0) is 16.6 Å². The lowest BCUT2D eigenvalue weighted by molar-refractivity contribution is 0.180. The summed E-state index contributed by atoms with van der Waals surface area (Å²) in [4.78, 5) is 2.11. The summed E-state index contributed by atoms with van der Waals surface area (Å²) in [5.74, 6) is 0.0471. The lowest BCUT2D eigenvalue weighted by Crippen LogP contribution is -2.48. The summed E-state index contributed by atoms with van der Waals surface area (Å²) < 4.78 is 39.7. The Morgan fingerprint density at radius 3 is 2.41 bits per heavy atom. The van der Waals surface area contributed by atoms with Crippen molar-refractivity contribution in [3.63, 3.8) is 0 Å². The van der Waals surface area contributed by atoms with Crippen molar-refractivity contribution in [2.45, 2.75) is 32.7 Å². The normalized spacial score (nSPS) is 17.7. The summed E-state index contributed by atoms with van der Waals surface area (Å²) in [5.41, 5.74) is 0.668. The molecular formula is C16H25FN2O2S. The van der Waals surface area contributed by atoms with Gasteiger partial charge in [0.1, 0.15) is 5.82 Å². The predicted molar refractivity (Wildman–Crippen MR) is 86.6 cm³/mol. The number of nitrogens with zero attached hydrogens (tertiary/aromatic N) is 2. The second-order valence-electron chi connectivity index (χ2n) is 5.79. The van der Waals surface area contributed by atoms with Crippen molar-refractivity contribution in [2.24, 2.45) is 0 Å². The van der Waals surface area contributed by atoms with E-state index in [1.807, 2.05) is 6.07 Å². The Kier molecular flexibility index (Phi) is 6.35. The molecular weight excluding hydrogens is 303 g/mol. The molecule has 22 heavy (non-hydrogen) atoms. The van der Waals surface area contributed by atoms with Gasteiger partial charge in [-0.15, -0.1) is 0 Å². The molecule has 0 spiro atoms. The maximum absolute atomic E-state index is 13.7. The predicted octanol–water partition coefficient (Wildman–Crippen LogP) is 2.46. The average Bonchev–Trinajstić information content (AvgIpc) is 2.50. The first-order valence-electron chi connectivity index (χ1n) is 7.96. The number of piperazine rings is 1. The molecule has 0 N–H and O–H groups in total. The zero-order chi connectivity index (χ0) is 16.0. The van der Waals surface area contributed by atoms with Crippen LogP contribution >= 0.6 is 0 Å². The molecule has 0 atom stereocenters. The fourth-order valence-corrected chi connectivity index (χ4v) is 4.24. The maximum Gasteiger partial charge on any atom is 0.214 e. The van der Waals surface area contributed by atoms with E-state index >= 15 is 0 Å². The number of hydrogen-bond donors (Lipinski definition) is 0. The summed E-state index contributed by atoms with van der Waals surface area (Å²) in [7, 11) is -3.13. The molecule has 0 radical (unpaired) electrons. The summed E-state index contributed by atoms with van der Waals surface area (Å²) in [6.45, 7) is 4.92. The highest BCUT2D eigenvalue weighted by Gasteiger charge is 2.26. The Labute approximate surface area is 133 Å². The van der Waals surface area contributed by atoms with Gasteiger partial charge in [0, 0.05) is 38.3 Å². The number of sulfonamides is 1. The van der Waals surface area contributed by atoms with Crippen LogP contribution < -0.4 is 0 Å². The zero-order valence-electron chi connectivity index (χ0n) is 13.2. The molecule has 0 amide bonds. The van der Waals surface area contributed by atoms with Crippen LogP contribution in [0.4, 0.5) is 4.39 Å². The van der Waals surface area contributed by atoms with Crippen LogP contribution in [0.15, 0.2) is 24.3 Å². The van der Waals surface area contributed by atoms with Crippen LogP contribution in [0.25, 0.3) is 0 Å². The second-order valence-corrected chi connectivity index (χ2v) is 7.88. The van der Waals surface area contributed by atoms with Gasteiger partial charge < -0.3 is 0 Å². The molecule has 4 nitrogen and oxygen atoms in total. The second kappa shape index (κ2) is 8.04. The highest BCUT2D eigenvalue weighted by Crippen LogP contribution is 2.14. The van der Waals surface area contributed by atoms with Gasteiger partial charge >= 0.3 is 0 Å². The molecule has 1 aromatic carbocycles. The van der Waals surface area contributed by atoms with Gasteiger partial charge in [-0.05, 0) is 12.5 Å². The summed E-state index contributed by atoms with van der Waals surface area (Å²) >= 11 is 0.